The third-order valence-electron chi connectivity index (χ3n) is 4.91. The molecule has 0 unspecified atom stereocenters. The first kappa shape index (κ1) is 22.2. The maximum atomic E-state index is 12.9. The maximum Gasteiger partial charge on any atom is 0.280 e. The van der Waals surface area contributed by atoms with E-state index in [0.29, 0.717) is 33.8 Å². The molecule has 4 rings (SSSR count). The summed E-state index contributed by atoms with van der Waals surface area (Å²) in [7, 11) is 1.60. The molecule has 0 atom stereocenters. The van der Waals surface area contributed by atoms with Crippen molar-refractivity contribution in [3.05, 3.63) is 86.4 Å². The minimum atomic E-state index is -0.501. The molecule has 0 radical (unpaired) electrons. The standard InChI is InChI=1S/C23H20ClN5O4/c1-14-21-22(33-28-14)19(11-15-5-9-18(32-2)10-6-15)27-29(23(21)31)13-20(30)26-25-12-16-3-7-17(24)8-4-16/h3-10,12H,11,13H2,1-2H3,(H,26,30)/b25-12+. The number of hydrogen-bond acceptors (Lipinski definition) is 7. The number of benzene rings is 2. The Bertz CT molecular complexity index is 1380. The molecule has 0 saturated carbocycles. The zero-order valence-corrected chi connectivity index (χ0v) is 18.7. The fraction of sp³-hybridized carbons (Fsp3) is 0.174. The zero-order valence-electron chi connectivity index (χ0n) is 17.9. The largest absolute Gasteiger partial charge is 0.497 e. The second-order valence-corrected chi connectivity index (χ2v) is 7.69. The average molecular weight is 466 g/mol. The van der Waals surface area contributed by atoms with Crippen LogP contribution in [0.4, 0.5) is 0 Å². The minimum Gasteiger partial charge on any atom is -0.497 e. The van der Waals surface area contributed by atoms with E-state index in [1.54, 1.807) is 38.3 Å². The normalized spacial score (nSPS) is 11.2. The van der Waals surface area contributed by atoms with E-state index in [4.69, 9.17) is 20.9 Å². The quantitative estimate of drug-likeness (QED) is 0.331. The Labute approximate surface area is 193 Å². The second-order valence-electron chi connectivity index (χ2n) is 7.25. The van der Waals surface area contributed by atoms with Crippen LogP contribution in [0.1, 0.15) is 22.5 Å². The van der Waals surface area contributed by atoms with Crippen molar-refractivity contribution in [2.75, 3.05) is 7.11 Å². The van der Waals surface area contributed by atoms with Crippen LogP contribution < -0.4 is 15.7 Å². The van der Waals surface area contributed by atoms with Crippen molar-refractivity contribution in [3.63, 3.8) is 0 Å². The summed E-state index contributed by atoms with van der Waals surface area (Å²) in [5, 5.41) is 13.1. The van der Waals surface area contributed by atoms with Gasteiger partial charge in [-0.3, -0.25) is 9.59 Å². The number of amides is 1. The Kier molecular flexibility index (Phi) is 6.50. The predicted molar refractivity (Wildman–Crippen MR) is 124 cm³/mol. The van der Waals surface area contributed by atoms with Gasteiger partial charge >= 0.3 is 0 Å². The van der Waals surface area contributed by atoms with Gasteiger partial charge in [0.2, 0.25) is 0 Å². The molecule has 0 saturated heterocycles. The number of hydrogen-bond donors (Lipinski definition) is 1. The third-order valence-corrected chi connectivity index (χ3v) is 5.16. The van der Waals surface area contributed by atoms with Crippen LogP contribution in [-0.2, 0) is 17.8 Å². The van der Waals surface area contributed by atoms with Crippen molar-refractivity contribution in [1.82, 2.24) is 20.4 Å². The SMILES string of the molecule is COc1ccc(Cc2nn(CC(=O)N/N=C/c3ccc(Cl)cc3)c(=O)c3c(C)noc23)cc1. The van der Waals surface area contributed by atoms with Gasteiger partial charge in [-0.25, -0.2) is 10.1 Å². The van der Waals surface area contributed by atoms with E-state index in [1.165, 1.54) is 6.21 Å². The van der Waals surface area contributed by atoms with Crippen molar-refractivity contribution in [1.29, 1.82) is 0 Å². The van der Waals surface area contributed by atoms with Crippen LogP contribution in [0.5, 0.6) is 5.75 Å². The van der Waals surface area contributed by atoms with Gasteiger partial charge in [0, 0.05) is 11.4 Å². The van der Waals surface area contributed by atoms with Gasteiger partial charge in [-0.1, -0.05) is 41.0 Å². The van der Waals surface area contributed by atoms with E-state index in [0.717, 1.165) is 21.6 Å². The lowest BCUT2D eigenvalue weighted by molar-refractivity contribution is -0.121. The molecule has 1 amide bonds. The first-order valence-electron chi connectivity index (χ1n) is 10.0. The number of carbonyl (C=O) groups is 1. The Balaban J connectivity index is 1.56. The molecule has 4 aromatic rings. The molecule has 2 heterocycles. The first-order chi connectivity index (χ1) is 15.9. The summed E-state index contributed by atoms with van der Waals surface area (Å²) in [6.07, 6.45) is 1.86. The summed E-state index contributed by atoms with van der Waals surface area (Å²) in [6.45, 7) is 1.36. The van der Waals surface area contributed by atoms with E-state index >= 15 is 0 Å². The van der Waals surface area contributed by atoms with Crippen LogP contribution in [-0.4, -0.2) is 34.2 Å². The molecule has 0 bridgehead atoms. The van der Waals surface area contributed by atoms with Gasteiger partial charge in [0.05, 0.1) is 19.0 Å². The summed E-state index contributed by atoms with van der Waals surface area (Å²) >= 11 is 5.85. The molecule has 2 aromatic heterocycles. The van der Waals surface area contributed by atoms with Crippen molar-refractivity contribution in [2.24, 2.45) is 5.10 Å². The summed E-state index contributed by atoms with van der Waals surface area (Å²) in [5.74, 6) is 0.229. The van der Waals surface area contributed by atoms with Crippen molar-refractivity contribution >= 4 is 34.7 Å². The lowest BCUT2D eigenvalue weighted by Gasteiger charge is -2.08. The summed E-state index contributed by atoms with van der Waals surface area (Å²) in [4.78, 5) is 25.3. The monoisotopic (exact) mass is 465 g/mol. The fourth-order valence-corrected chi connectivity index (χ4v) is 3.37. The highest BCUT2D eigenvalue weighted by Gasteiger charge is 2.19. The number of rotatable bonds is 7. The molecule has 0 aliphatic carbocycles. The van der Waals surface area contributed by atoms with Crippen molar-refractivity contribution in [3.8, 4) is 5.75 Å². The minimum absolute atomic E-state index is 0.297. The molecule has 0 spiro atoms. The Morgan fingerprint density at radius 3 is 2.64 bits per heavy atom. The van der Waals surface area contributed by atoms with Crippen LogP contribution >= 0.6 is 11.6 Å². The number of nitrogens with zero attached hydrogens (tertiary/aromatic N) is 4. The molecule has 0 aliphatic rings. The summed E-state index contributed by atoms with van der Waals surface area (Å²) < 4.78 is 11.7. The topological polar surface area (TPSA) is 112 Å². The maximum absolute atomic E-state index is 12.9. The summed E-state index contributed by atoms with van der Waals surface area (Å²) in [5.41, 5.74) is 4.88. The molecular formula is C23H20ClN5O4. The van der Waals surface area contributed by atoms with Gasteiger partial charge in [-0.2, -0.15) is 10.2 Å². The molecule has 1 N–H and O–H groups in total. The number of fused-ring (bicyclic) bond motifs is 1. The highest BCUT2D eigenvalue weighted by molar-refractivity contribution is 6.30. The molecule has 168 valence electrons. The number of aryl methyl sites for hydroxylation is 1. The van der Waals surface area contributed by atoms with Crippen molar-refractivity contribution in [2.45, 2.75) is 19.9 Å². The number of hydrazone groups is 1. The van der Waals surface area contributed by atoms with E-state index in [9.17, 15) is 9.59 Å². The van der Waals surface area contributed by atoms with Gasteiger partial charge < -0.3 is 9.26 Å². The lowest BCUT2D eigenvalue weighted by Crippen LogP contribution is -2.32. The number of halogens is 1. The summed E-state index contributed by atoms with van der Waals surface area (Å²) in [6, 6.07) is 14.4. The highest BCUT2D eigenvalue weighted by atomic mass is 35.5. The number of nitrogens with one attached hydrogen (secondary N) is 1. The molecule has 10 heteroatoms. The van der Waals surface area contributed by atoms with Crippen LogP contribution in [0.2, 0.25) is 5.02 Å². The smallest absolute Gasteiger partial charge is 0.280 e. The fourth-order valence-electron chi connectivity index (χ4n) is 3.24. The number of aromatic nitrogens is 3. The molecule has 33 heavy (non-hydrogen) atoms. The average Bonchev–Trinajstić information content (AvgIpc) is 3.21. The Hall–Kier alpha value is -3.98. The van der Waals surface area contributed by atoms with Gasteiger partial charge in [-0.05, 0) is 42.3 Å². The van der Waals surface area contributed by atoms with Crippen LogP contribution in [0, 0.1) is 6.92 Å². The van der Waals surface area contributed by atoms with Crippen LogP contribution in [0.15, 0.2) is 62.9 Å². The number of methoxy groups -OCH3 is 1. The Morgan fingerprint density at radius 1 is 1.21 bits per heavy atom. The van der Waals surface area contributed by atoms with E-state index < -0.39 is 11.5 Å². The van der Waals surface area contributed by atoms with Crippen molar-refractivity contribution < 1.29 is 14.1 Å². The predicted octanol–water partition coefficient (Wildman–Crippen LogP) is 3.10. The van der Waals surface area contributed by atoms with Crippen LogP contribution in [0.25, 0.3) is 11.0 Å². The highest BCUT2D eigenvalue weighted by Crippen LogP contribution is 2.20. The van der Waals surface area contributed by atoms with E-state index in [2.05, 4.69) is 20.8 Å². The van der Waals surface area contributed by atoms with E-state index in [1.807, 2.05) is 24.3 Å². The first-order valence-corrected chi connectivity index (χ1v) is 10.4. The third kappa shape index (κ3) is 5.09. The van der Waals surface area contributed by atoms with E-state index in [-0.39, 0.29) is 6.54 Å². The van der Waals surface area contributed by atoms with Gasteiger partial charge in [0.15, 0.2) is 5.58 Å². The van der Waals surface area contributed by atoms with Gasteiger partial charge in [0.1, 0.15) is 23.4 Å². The zero-order chi connectivity index (χ0) is 23.4. The van der Waals surface area contributed by atoms with Gasteiger partial charge in [-0.15, -0.1) is 0 Å². The van der Waals surface area contributed by atoms with Crippen LogP contribution in [0.3, 0.4) is 0 Å². The second kappa shape index (κ2) is 9.66. The molecule has 0 aliphatic heterocycles. The van der Waals surface area contributed by atoms with Gasteiger partial charge in [0.25, 0.3) is 11.5 Å². The molecule has 2 aromatic carbocycles. The molecule has 9 nitrogen and oxygen atoms in total. The molecule has 0 fully saturated rings. The Morgan fingerprint density at radius 2 is 1.94 bits per heavy atom. The number of ether oxygens (including phenoxy) is 1. The lowest BCUT2D eigenvalue weighted by atomic mass is 10.1. The number of carbonyl (C=O) groups excluding carboxylic acids is 1. The molecular weight excluding hydrogens is 446 g/mol.